The molecule has 98 valence electrons. The first kappa shape index (κ1) is 13.4. The Morgan fingerprint density at radius 2 is 2.17 bits per heavy atom. The van der Waals surface area contributed by atoms with Crippen LogP contribution in [0.15, 0.2) is 18.2 Å². The van der Waals surface area contributed by atoms with Crippen LogP contribution < -0.4 is 0 Å². The number of benzene rings is 1. The van der Waals surface area contributed by atoms with Gasteiger partial charge in [0.25, 0.3) is 5.91 Å². The van der Waals surface area contributed by atoms with Crippen molar-refractivity contribution in [3.8, 4) is 0 Å². The van der Waals surface area contributed by atoms with Crippen LogP contribution in [0.25, 0.3) is 0 Å². The van der Waals surface area contributed by atoms with Crippen molar-refractivity contribution in [2.24, 2.45) is 5.92 Å². The van der Waals surface area contributed by atoms with Crippen LogP contribution in [0.2, 0.25) is 0 Å². The SMILES string of the molecule is Cc1ccc(C(=O)N2CCC(C)C2CCl)c(C)c1. The Kier molecular flexibility index (Phi) is 3.96. The lowest BCUT2D eigenvalue weighted by Crippen LogP contribution is -2.39. The van der Waals surface area contributed by atoms with Gasteiger partial charge in [0.15, 0.2) is 0 Å². The van der Waals surface area contributed by atoms with E-state index in [1.807, 2.05) is 30.9 Å². The van der Waals surface area contributed by atoms with Crippen LogP contribution in [0.4, 0.5) is 0 Å². The molecule has 1 amide bonds. The fraction of sp³-hybridized carbons (Fsp3) is 0.533. The maximum Gasteiger partial charge on any atom is 0.254 e. The van der Waals surface area contributed by atoms with Gasteiger partial charge in [0.2, 0.25) is 0 Å². The Labute approximate surface area is 114 Å². The lowest BCUT2D eigenvalue weighted by molar-refractivity contribution is 0.0736. The van der Waals surface area contributed by atoms with E-state index in [1.165, 1.54) is 5.56 Å². The summed E-state index contributed by atoms with van der Waals surface area (Å²) in [6, 6.07) is 6.17. The molecule has 2 atom stereocenters. The monoisotopic (exact) mass is 265 g/mol. The van der Waals surface area contributed by atoms with Gasteiger partial charge in [-0.15, -0.1) is 11.6 Å². The van der Waals surface area contributed by atoms with Gasteiger partial charge < -0.3 is 4.90 Å². The summed E-state index contributed by atoms with van der Waals surface area (Å²) in [5.41, 5.74) is 3.05. The van der Waals surface area contributed by atoms with E-state index in [2.05, 4.69) is 13.0 Å². The molecule has 0 saturated carbocycles. The minimum Gasteiger partial charge on any atom is -0.334 e. The first-order chi connectivity index (χ1) is 8.54. The molecule has 18 heavy (non-hydrogen) atoms. The van der Waals surface area contributed by atoms with Crippen molar-refractivity contribution in [3.05, 3.63) is 34.9 Å². The Morgan fingerprint density at radius 1 is 1.44 bits per heavy atom. The number of rotatable bonds is 2. The summed E-state index contributed by atoms with van der Waals surface area (Å²) in [5.74, 6) is 1.15. The molecule has 0 bridgehead atoms. The number of carbonyl (C=O) groups excluding carboxylic acids is 1. The van der Waals surface area contributed by atoms with Crippen molar-refractivity contribution in [1.29, 1.82) is 0 Å². The number of carbonyl (C=O) groups is 1. The second-order valence-corrected chi connectivity index (χ2v) is 5.61. The largest absolute Gasteiger partial charge is 0.334 e. The van der Waals surface area contributed by atoms with Gasteiger partial charge in [0.1, 0.15) is 0 Å². The van der Waals surface area contributed by atoms with Crippen molar-refractivity contribution in [1.82, 2.24) is 4.90 Å². The van der Waals surface area contributed by atoms with Crippen molar-refractivity contribution in [2.45, 2.75) is 33.2 Å². The predicted molar refractivity (Wildman–Crippen MR) is 75.2 cm³/mol. The number of halogens is 1. The number of hydrogen-bond donors (Lipinski definition) is 0. The molecule has 0 radical (unpaired) electrons. The van der Waals surface area contributed by atoms with E-state index in [1.54, 1.807) is 0 Å². The van der Waals surface area contributed by atoms with Crippen LogP contribution in [0.1, 0.15) is 34.8 Å². The first-order valence-corrected chi connectivity index (χ1v) is 7.02. The molecule has 0 aliphatic carbocycles. The molecule has 1 fully saturated rings. The van der Waals surface area contributed by atoms with Gasteiger partial charge in [-0.2, -0.15) is 0 Å². The minimum atomic E-state index is 0.127. The van der Waals surface area contributed by atoms with E-state index < -0.39 is 0 Å². The second-order valence-electron chi connectivity index (χ2n) is 5.30. The third-order valence-corrected chi connectivity index (χ3v) is 4.23. The maximum atomic E-state index is 12.6. The Bertz CT molecular complexity index is 458. The molecule has 1 heterocycles. The topological polar surface area (TPSA) is 20.3 Å². The van der Waals surface area contributed by atoms with Gasteiger partial charge in [0, 0.05) is 24.0 Å². The Morgan fingerprint density at radius 3 is 2.78 bits per heavy atom. The molecule has 0 aromatic heterocycles. The van der Waals surface area contributed by atoms with Crippen LogP contribution in [0.5, 0.6) is 0 Å². The highest BCUT2D eigenvalue weighted by Crippen LogP contribution is 2.27. The molecule has 2 rings (SSSR count). The van der Waals surface area contributed by atoms with Crippen LogP contribution in [0.3, 0.4) is 0 Å². The normalized spacial score (nSPS) is 23.4. The highest BCUT2D eigenvalue weighted by molar-refractivity contribution is 6.18. The molecular formula is C15H20ClNO. The molecule has 1 aliphatic heterocycles. The number of nitrogens with zero attached hydrogens (tertiary/aromatic N) is 1. The summed E-state index contributed by atoms with van der Waals surface area (Å²) >= 11 is 6.00. The highest BCUT2D eigenvalue weighted by Gasteiger charge is 2.34. The lowest BCUT2D eigenvalue weighted by Gasteiger charge is -2.25. The molecular weight excluding hydrogens is 246 g/mol. The molecule has 0 N–H and O–H groups in total. The fourth-order valence-corrected chi connectivity index (χ4v) is 3.17. The van der Waals surface area contributed by atoms with E-state index in [-0.39, 0.29) is 11.9 Å². The van der Waals surface area contributed by atoms with E-state index in [0.717, 1.165) is 24.1 Å². The smallest absolute Gasteiger partial charge is 0.254 e. The molecule has 0 spiro atoms. The Balaban J connectivity index is 2.26. The zero-order valence-electron chi connectivity index (χ0n) is 11.2. The molecule has 1 saturated heterocycles. The van der Waals surface area contributed by atoms with Crippen LogP contribution in [-0.2, 0) is 0 Å². The molecule has 2 unspecified atom stereocenters. The first-order valence-electron chi connectivity index (χ1n) is 6.48. The van der Waals surface area contributed by atoms with Gasteiger partial charge in [-0.1, -0.05) is 24.6 Å². The number of amides is 1. The standard InChI is InChI=1S/C15H20ClNO/c1-10-4-5-13(12(3)8-10)15(18)17-7-6-11(2)14(17)9-16/h4-5,8,11,14H,6-7,9H2,1-3H3. The number of likely N-dealkylation sites (tertiary alicyclic amines) is 1. The predicted octanol–water partition coefficient (Wildman–Crippen LogP) is 3.39. The van der Waals surface area contributed by atoms with Gasteiger partial charge in [-0.25, -0.2) is 0 Å². The third kappa shape index (κ3) is 2.39. The second kappa shape index (κ2) is 5.31. The zero-order valence-corrected chi connectivity index (χ0v) is 12.0. The molecule has 3 heteroatoms. The van der Waals surface area contributed by atoms with Crippen LogP contribution in [0, 0.1) is 19.8 Å². The zero-order chi connectivity index (χ0) is 13.3. The maximum absolute atomic E-state index is 12.6. The Hall–Kier alpha value is -1.02. The summed E-state index contributed by atoms with van der Waals surface area (Å²) in [6.07, 6.45) is 1.05. The van der Waals surface area contributed by atoms with Gasteiger partial charge in [-0.3, -0.25) is 4.79 Å². The quantitative estimate of drug-likeness (QED) is 0.751. The van der Waals surface area contributed by atoms with Gasteiger partial charge >= 0.3 is 0 Å². The lowest BCUT2D eigenvalue weighted by atomic mass is 10.0. The number of hydrogen-bond acceptors (Lipinski definition) is 1. The fourth-order valence-electron chi connectivity index (χ4n) is 2.70. The summed E-state index contributed by atoms with van der Waals surface area (Å²) in [5, 5.41) is 0. The summed E-state index contributed by atoms with van der Waals surface area (Å²) in [6.45, 7) is 7.03. The molecule has 1 aliphatic rings. The van der Waals surface area contributed by atoms with E-state index >= 15 is 0 Å². The summed E-state index contributed by atoms with van der Waals surface area (Å²) in [4.78, 5) is 14.5. The minimum absolute atomic E-state index is 0.127. The van der Waals surface area contributed by atoms with Crippen LogP contribution >= 0.6 is 11.6 Å². The average Bonchev–Trinajstić information content (AvgIpc) is 2.69. The molecule has 1 aromatic carbocycles. The van der Waals surface area contributed by atoms with Crippen molar-refractivity contribution >= 4 is 17.5 Å². The molecule has 1 aromatic rings. The average molecular weight is 266 g/mol. The summed E-state index contributed by atoms with van der Waals surface area (Å²) in [7, 11) is 0. The summed E-state index contributed by atoms with van der Waals surface area (Å²) < 4.78 is 0. The van der Waals surface area contributed by atoms with Crippen molar-refractivity contribution in [2.75, 3.05) is 12.4 Å². The van der Waals surface area contributed by atoms with Crippen LogP contribution in [-0.4, -0.2) is 29.3 Å². The number of alkyl halides is 1. The van der Waals surface area contributed by atoms with Gasteiger partial charge in [0.05, 0.1) is 0 Å². The van der Waals surface area contributed by atoms with E-state index in [9.17, 15) is 4.79 Å². The van der Waals surface area contributed by atoms with Gasteiger partial charge in [-0.05, 0) is 37.8 Å². The highest BCUT2D eigenvalue weighted by atomic mass is 35.5. The van der Waals surface area contributed by atoms with Crippen molar-refractivity contribution in [3.63, 3.8) is 0 Å². The number of aryl methyl sites for hydroxylation is 2. The molecule has 2 nitrogen and oxygen atoms in total. The van der Waals surface area contributed by atoms with E-state index in [4.69, 9.17) is 11.6 Å². The van der Waals surface area contributed by atoms with Crippen molar-refractivity contribution < 1.29 is 4.79 Å². The third-order valence-electron chi connectivity index (χ3n) is 3.91. The van der Waals surface area contributed by atoms with E-state index in [0.29, 0.717) is 11.8 Å².